The molecule has 0 saturated heterocycles. The number of hydrogen-bond donors (Lipinski definition) is 0. The summed E-state index contributed by atoms with van der Waals surface area (Å²) in [5.74, 6) is -0.123. The molecule has 112 valence electrons. The molecule has 0 bridgehead atoms. The molecule has 0 amide bonds. The molecule has 1 aromatic carbocycles. The zero-order valence-electron chi connectivity index (χ0n) is 11.7. The minimum absolute atomic E-state index is 0.00586. The molecule has 1 heterocycles. The normalized spacial score (nSPS) is 11.9. The second-order valence-corrected chi connectivity index (χ2v) is 5.14. The van der Waals surface area contributed by atoms with Crippen LogP contribution in [0.3, 0.4) is 0 Å². The van der Waals surface area contributed by atoms with Crippen molar-refractivity contribution in [2.75, 3.05) is 0 Å². The zero-order valence-corrected chi connectivity index (χ0v) is 11.7. The van der Waals surface area contributed by atoms with E-state index in [0.29, 0.717) is 17.7 Å². The molecule has 0 aliphatic carbocycles. The highest BCUT2D eigenvalue weighted by atomic mass is 19.4. The highest BCUT2D eigenvalue weighted by Gasteiger charge is 2.29. The van der Waals surface area contributed by atoms with E-state index in [-0.39, 0.29) is 11.7 Å². The number of carbonyl (C=O) groups excluding carboxylic acids is 1. The first-order chi connectivity index (χ1) is 9.77. The number of nitrogens with zero attached hydrogens (tertiary/aromatic N) is 2. The molecule has 3 nitrogen and oxygen atoms in total. The Hall–Kier alpha value is -2.11. The van der Waals surface area contributed by atoms with Gasteiger partial charge in [-0.15, -0.1) is 0 Å². The van der Waals surface area contributed by atoms with Crippen molar-refractivity contribution >= 4 is 5.78 Å². The van der Waals surface area contributed by atoms with E-state index in [1.807, 2.05) is 0 Å². The van der Waals surface area contributed by atoms with Crippen molar-refractivity contribution in [2.45, 2.75) is 26.6 Å². The average molecular weight is 296 g/mol. The molecule has 1 aromatic heterocycles. The summed E-state index contributed by atoms with van der Waals surface area (Å²) in [4.78, 5) is 11.8. The van der Waals surface area contributed by atoms with Gasteiger partial charge in [0.1, 0.15) is 0 Å². The van der Waals surface area contributed by atoms with E-state index < -0.39 is 11.7 Å². The number of ketones is 1. The molecule has 0 fully saturated rings. The van der Waals surface area contributed by atoms with Crippen molar-refractivity contribution in [3.63, 3.8) is 0 Å². The van der Waals surface area contributed by atoms with Gasteiger partial charge in [0.2, 0.25) is 0 Å². The van der Waals surface area contributed by atoms with E-state index in [1.54, 1.807) is 20.0 Å². The molecular formula is C15H15F3N2O. The first-order valence-corrected chi connectivity index (χ1v) is 6.50. The van der Waals surface area contributed by atoms with Crippen LogP contribution in [-0.4, -0.2) is 15.6 Å². The molecule has 21 heavy (non-hydrogen) atoms. The van der Waals surface area contributed by atoms with Crippen LogP contribution in [0.2, 0.25) is 0 Å². The van der Waals surface area contributed by atoms with Crippen LogP contribution in [0.25, 0.3) is 0 Å². The lowest BCUT2D eigenvalue weighted by molar-refractivity contribution is -0.137. The van der Waals surface area contributed by atoms with Crippen molar-refractivity contribution in [3.8, 4) is 0 Å². The third-order valence-corrected chi connectivity index (χ3v) is 3.07. The third kappa shape index (κ3) is 3.71. The summed E-state index contributed by atoms with van der Waals surface area (Å²) < 4.78 is 38.9. The quantitative estimate of drug-likeness (QED) is 0.805. The Morgan fingerprint density at radius 2 is 1.86 bits per heavy atom. The number of rotatable bonds is 4. The van der Waals surface area contributed by atoms with Crippen molar-refractivity contribution in [2.24, 2.45) is 5.92 Å². The molecule has 0 atom stereocenters. The van der Waals surface area contributed by atoms with Gasteiger partial charge in [-0.25, -0.2) is 0 Å². The highest BCUT2D eigenvalue weighted by molar-refractivity contribution is 5.96. The molecule has 0 unspecified atom stereocenters. The molecule has 2 aromatic rings. The van der Waals surface area contributed by atoms with Gasteiger partial charge in [-0.2, -0.15) is 18.3 Å². The Labute approximate surface area is 120 Å². The molecule has 0 aliphatic heterocycles. The summed E-state index contributed by atoms with van der Waals surface area (Å²) in [7, 11) is 0. The van der Waals surface area contributed by atoms with Gasteiger partial charge in [-0.1, -0.05) is 26.0 Å². The van der Waals surface area contributed by atoms with Crippen molar-refractivity contribution in [1.29, 1.82) is 0 Å². The monoisotopic (exact) mass is 296 g/mol. The molecular weight excluding hydrogens is 281 g/mol. The van der Waals surface area contributed by atoms with Gasteiger partial charge in [0.25, 0.3) is 0 Å². The van der Waals surface area contributed by atoms with Crippen LogP contribution in [0.4, 0.5) is 13.2 Å². The van der Waals surface area contributed by atoms with Crippen molar-refractivity contribution in [1.82, 2.24) is 9.78 Å². The molecule has 0 N–H and O–H groups in total. The van der Waals surface area contributed by atoms with Gasteiger partial charge >= 0.3 is 6.18 Å². The average Bonchev–Trinajstić information content (AvgIpc) is 2.85. The molecule has 0 spiro atoms. The lowest BCUT2D eigenvalue weighted by Crippen LogP contribution is -2.07. The van der Waals surface area contributed by atoms with Crippen LogP contribution in [0.15, 0.2) is 36.7 Å². The topological polar surface area (TPSA) is 34.9 Å². The fourth-order valence-corrected chi connectivity index (χ4v) is 1.90. The van der Waals surface area contributed by atoms with Crippen LogP contribution >= 0.6 is 0 Å². The Bertz CT molecular complexity index is 627. The van der Waals surface area contributed by atoms with Crippen molar-refractivity contribution in [3.05, 3.63) is 53.3 Å². The van der Waals surface area contributed by atoms with Gasteiger partial charge in [-0.05, 0) is 17.7 Å². The minimum Gasteiger partial charge on any atom is -0.294 e. The number of halogens is 3. The first-order valence-electron chi connectivity index (χ1n) is 6.50. The fraction of sp³-hybridized carbons (Fsp3) is 0.333. The van der Waals surface area contributed by atoms with Gasteiger partial charge in [0.15, 0.2) is 5.78 Å². The summed E-state index contributed by atoms with van der Waals surface area (Å²) in [5.41, 5.74) is 0.522. The summed E-state index contributed by atoms with van der Waals surface area (Å²) in [6.45, 7) is 3.93. The number of aromatic nitrogens is 2. The first kappa shape index (κ1) is 15.3. The predicted molar refractivity (Wildman–Crippen MR) is 71.9 cm³/mol. The highest BCUT2D eigenvalue weighted by Crippen LogP contribution is 2.29. The summed E-state index contributed by atoms with van der Waals surface area (Å²) in [6.07, 6.45) is -1.24. The minimum atomic E-state index is -4.33. The van der Waals surface area contributed by atoms with Gasteiger partial charge in [0, 0.05) is 12.1 Å². The van der Waals surface area contributed by atoms with E-state index in [9.17, 15) is 18.0 Å². The maximum atomic E-state index is 12.5. The van der Waals surface area contributed by atoms with Gasteiger partial charge in [-0.3, -0.25) is 9.48 Å². The Morgan fingerprint density at radius 1 is 1.24 bits per heavy atom. The lowest BCUT2D eigenvalue weighted by Gasteiger charge is -2.07. The predicted octanol–water partition coefficient (Wildman–Crippen LogP) is 3.79. The van der Waals surface area contributed by atoms with Gasteiger partial charge in [0.05, 0.1) is 23.9 Å². The Morgan fingerprint density at radius 3 is 2.38 bits per heavy atom. The van der Waals surface area contributed by atoms with Crippen LogP contribution in [0.5, 0.6) is 0 Å². The summed E-state index contributed by atoms with van der Waals surface area (Å²) >= 11 is 0. The Kier molecular flexibility index (Phi) is 4.16. The van der Waals surface area contributed by atoms with E-state index in [1.165, 1.54) is 23.0 Å². The standard InChI is InChI=1S/C15H15F3N2O/c1-10(2)14(21)12-7-19-20(9-12)8-11-3-5-13(6-4-11)15(16,17)18/h3-7,9-10H,8H2,1-2H3. The van der Waals surface area contributed by atoms with E-state index in [0.717, 1.165) is 12.1 Å². The number of alkyl halides is 3. The number of Topliss-reactive ketones (excluding diaryl/α,β-unsaturated/α-hetero) is 1. The molecule has 0 aliphatic rings. The van der Waals surface area contributed by atoms with Crippen LogP contribution in [0.1, 0.15) is 35.3 Å². The van der Waals surface area contributed by atoms with E-state index >= 15 is 0 Å². The second-order valence-electron chi connectivity index (χ2n) is 5.14. The lowest BCUT2D eigenvalue weighted by atomic mass is 10.0. The molecule has 0 saturated carbocycles. The van der Waals surface area contributed by atoms with Crippen molar-refractivity contribution < 1.29 is 18.0 Å². The summed E-state index contributed by atoms with van der Waals surface area (Å²) in [6, 6.07) is 4.90. The van der Waals surface area contributed by atoms with E-state index in [4.69, 9.17) is 0 Å². The largest absolute Gasteiger partial charge is 0.416 e. The number of benzene rings is 1. The van der Waals surface area contributed by atoms with Gasteiger partial charge < -0.3 is 0 Å². The number of carbonyl (C=O) groups is 1. The van der Waals surface area contributed by atoms with Crippen LogP contribution < -0.4 is 0 Å². The summed E-state index contributed by atoms with van der Waals surface area (Å²) in [5, 5.41) is 4.06. The van der Waals surface area contributed by atoms with E-state index in [2.05, 4.69) is 5.10 Å². The number of hydrogen-bond acceptors (Lipinski definition) is 2. The van der Waals surface area contributed by atoms with Crippen LogP contribution in [0, 0.1) is 5.92 Å². The second kappa shape index (κ2) is 5.71. The molecule has 0 radical (unpaired) electrons. The smallest absolute Gasteiger partial charge is 0.294 e. The molecule has 6 heteroatoms. The molecule has 2 rings (SSSR count). The third-order valence-electron chi connectivity index (χ3n) is 3.07. The Balaban J connectivity index is 2.10. The zero-order chi connectivity index (χ0) is 15.6. The maximum absolute atomic E-state index is 12.5. The SMILES string of the molecule is CC(C)C(=O)c1cnn(Cc2ccc(C(F)(F)F)cc2)c1. The fourth-order valence-electron chi connectivity index (χ4n) is 1.90. The maximum Gasteiger partial charge on any atom is 0.416 e. The van der Waals surface area contributed by atoms with Crippen LogP contribution in [-0.2, 0) is 12.7 Å².